The van der Waals surface area contributed by atoms with E-state index in [0.717, 1.165) is 29.7 Å². The lowest BCUT2D eigenvalue weighted by atomic mass is 10.1. The molecule has 158 valence electrons. The lowest BCUT2D eigenvalue weighted by Gasteiger charge is -2.07. The van der Waals surface area contributed by atoms with Gasteiger partial charge in [-0.3, -0.25) is 9.11 Å². The monoisotopic (exact) mass is 458 g/mol. The first-order valence-electron chi connectivity index (χ1n) is 8.69. The maximum atomic E-state index is 11.9. The van der Waals surface area contributed by atoms with E-state index in [0.29, 0.717) is 5.39 Å². The third kappa shape index (κ3) is 4.11. The fourth-order valence-corrected chi connectivity index (χ4v) is 4.44. The van der Waals surface area contributed by atoms with Crippen LogP contribution in [0.3, 0.4) is 0 Å². The van der Waals surface area contributed by atoms with Crippen LogP contribution in [0.4, 0.5) is 11.4 Å². The SMILES string of the molecule is O=S(=O)(O)c1ccc2c(S(=O)(=O)O)cc(N=Nc3c(O)ccc4ccccc34)cc2c1. The van der Waals surface area contributed by atoms with Crippen LogP contribution in [0, 0.1) is 0 Å². The number of fused-ring (bicyclic) bond motifs is 2. The molecule has 0 aliphatic carbocycles. The van der Waals surface area contributed by atoms with Gasteiger partial charge in [-0.2, -0.15) is 21.9 Å². The number of rotatable bonds is 4. The Morgan fingerprint density at radius 1 is 0.677 bits per heavy atom. The fourth-order valence-electron chi connectivity index (χ4n) is 3.19. The van der Waals surface area contributed by atoms with Crippen LogP contribution in [0.5, 0.6) is 5.75 Å². The molecule has 0 saturated carbocycles. The fraction of sp³-hybridized carbons (Fsp3) is 0. The van der Waals surface area contributed by atoms with Crippen LogP contribution < -0.4 is 0 Å². The van der Waals surface area contributed by atoms with E-state index in [-0.39, 0.29) is 27.9 Å². The Kier molecular flexibility index (Phi) is 4.98. The predicted octanol–water partition coefficient (Wildman–Crippen LogP) is 4.61. The van der Waals surface area contributed by atoms with Gasteiger partial charge in [0, 0.05) is 10.8 Å². The van der Waals surface area contributed by atoms with Gasteiger partial charge in [-0.1, -0.05) is 36.4 Å². The quantitative estimate of drug-likeness (QED) is 0.298. The Bertz CT molecular complexity index is 1600. The van der Waals surface area contributed by atoms with Crippen molar-refractivity contribution >= 4 is 53.2 Å². The number of aromatic hydroxyl groups is 1. The Morgan fingerprint density at radius 3 is 2.13 bits per heavy atom. The second kappa shape index (κ2) is 7.39. The van der Waals surface area contributed by atoms with Crippen molar-refractivity contribution in [2.24, 2.45) is 10.2 Å². The summed E-state index contributed by atoms with van der Waals surface area (Å²) in [5.74, 6) is -0.146. The number of hydrogen-bond donors (Lipinski definition) is 3. The van der Waals surface area contributed by atoms with Gasteiger partial charge in [0.2, 0.25) is 0 Å². The zero-order valence-electron chi connectivity index (χ0n) is 15.5. The van der Waals surface area contributed by atoms with Gasteiger partial charge in [0.15, 0.2) is 0 Å². The molecule has 0 fully saturated rings. The van der Waals surface area contributed by atoms with Gasteiger partial charge in [0.25, 0.3) is 20.2 Å². The Balaban J connectivity index is 1.93. The highest BCUT2D eigenvalue weighted by molar-refractivity contribution is 7.86. The van der Waals surface area contributed by atoms with E-state index in [9.17, 15) is 31.0 Å². The smallest absolute Gasteiger partial charge is 0.295 e. The number of phenols is 1. The molecule has 0 amide bonds. The maximum Gasteiger partial charge on any atom is 0.295 e. The van der Waals surface area contributed by atoms with Gasteiger partial charge in [0.05, 0.1) is 10.6 Å². The first kappa shape index (κ1) is 20.9. The summed E-state index contributed by atoms with van der Waals surface area (Å²) in [7, 11) is -9.23. The van der Waals surface area contributed by atoms with Gasteiger partial charge in [-0.05, 0) is 41.1 Å². The van der Waals surface area contributed by atoms with E-state index in [1.807, 2.05) is 12.1 Å². The molecule has 0 unspecified atom stereocenters. The number of phenolic OH excluding ortho intramolecular Hbond substituents is 1. The van der Waals surface area contributed by atoms with Gasteiger partial charge >= 0.3 is 0 Å². The number of hydrogen-bond acceptors (Lipinski definition) is 7. The molecule has 31 heavy (non-hydrogen) atoms. The summed E-state index contributed by atoms with van der Waals surface area (Å²) in [4.78, 5) is -0.968. The van der Waals surface area contributed by atoms with Crippen LogP contribution in [0.25, 0.3) is 21.5 Å². The lowest BCUT2D eigenvalue weighted by Crippen LogP contribution is -2.01. The van der Waals surface area contributed by atoms with Crippen molar-refractivity contribution in [2.75, 3.05) is 0 Å². The minimum absolute atomic E-state index is 0.0278. The van der Waals surface area contributed by atoms with E-state index < -0.39 is 30.0 Å². The van der Waals surface area contributed by atoms with E-state index in [1.165, 1.54) is 12.1 Å². The molecule has 0 aromatic heterocycles. The molecule has 4 aromatic carbocycles. The summed E-state index contributed by atoms with van der Waals surface area (Å²) in [5, 5.41) is 19.7. The molecule has 3 N–H and O–H groups in total. The van der Waals surface area contributed by atoms with Gasteiger partial charge in [0.1, 0.15) is 16.3 Å². The minimum atomic E-state index is -4.69. The number of benzene rings is 4. The first-order valence-corrected chi connectivity index (χ1v) is 11.6. The third-order valence-electron chi connectivity index (χ3n) is 4.59. The van der Waals surface area contributed by atoms with Crippen molar-refractivity contribution in [3.05, 3.63) is 66.7 Å². The number of nitrogens with zero attached hydrogens (tertiary/aromatic N) is 2. The van der Waals surface area contributed by atoms with E-state index in [2.05, 4.69) is 10.2 Å². The molecule has 0 bridgehead atoms. The molecular weight excluding hydrogens is 444 g/mol. The molecule has 0 spiro atoms. The van der Waals surface area contributed by atoms with Crippen molar-refractivity contribution in [2.45, 2.75) is 9.79 Å². The highest BCUT2D eigenvalue weighted by Gasteiger charge is 2.18. The average molecular weight is 458 g/mol. The van der Waals surface area contributed by atoms with Crippen LogP contribution in [0.1, 0.15) is 0 Å². The highest BCUT2D eigenvalue weighted by atomic mass is 32.2. The largest absolute Gasteiger partial charge is 0.506 e. The molecule has 11 heteroatoms. The molecule has 0 saturated heterocycles. The van der Waals surface area contributed by atoms with Crippen molar-refractivity contribution in [3.63, 3.8) is 0 Å². The zero-order valence-corrected chi connectivity index (χ0v) is 17.2. The van der Waals surface area contributed by atoms with Crippen LogP contribution in [0.15, 0.2) is 86.7 Å². The van der Waals surface area contributed by atoms with E-state index in [1.54, 1.807) is 18.2 Å². The second-order valence-corrected chi connectivity index (χ2v) is 9.44. The summed E-state index contributed by atoms with van der Waals surface area (Å²) in [6.45, 7) is 0. The predicted molar refractivity (Wildman–Crippen MR) is 113 cm³/mol. The van der Waals surface area contributed by atoms with E-state index in [4.69, 9.17) is 0 Å². The van der Waals surface area contributed by atoms with Gasteiger partial charge in [-0.25, -0.2) is 0 Å². The van der Waals surface area contributed by atoms with Crippen LogP contribution in [-0.2, 0) is 20.2 Å². The third-order valence-corrected chi connectivity index (χ3v) is 6.33. The molecule has 0 aliphatic rings. The molecule has 9 nitrogen and oxygen atoms in total. The van der Waals surface area contributed by atoms with Crippen molar-refractivity contribution in [1.82, 2.24) is 0 Å². The lowest BCUT2D eigenvalue weighted by molar-refractivity contribution is 0.477. The average Bonchev–Trinajstić information content (AvgIpc) is 2.70. The van der Waals surface area contributed by atoms with Gasteiger partial charge < -0.3 is 5.11 Å². The minimum Gasteiger partial charge on any atom is -0.506 e. The van der Waals surface area contributed by atoms with Crippen molar-refractivity contribution in [1.29, 1.82) is 0 Å². The van der Waals surface area contributed by atoms with Gasteiger partial charge in [-0.15, -0.1) is 5.11 Å². The first-order chi connectivity index (χ1) is 14.5. The Hall–Kier alpha value is -3.38. The molecule has 0 aliphatic heterocycles. The summed E-state index contributed by atoms with van der Waals surface area (Å²) in [6, 6.07) is 15.9. The molecule has 0 atom stereocenters. The molecule has 0 heterocycles. The second-order valence-electron chi connectivity index (χ2n) is 6.63. The summed E-state index contributed by atoms with van der Waals surface area (Å²) < 4.78 is 65.5. The van der Waals surface area contributed by atoms with E-state index >= 15 is 0 Å². The summed E-state index contributed by atoms with van der Waals surface area (Å²) >= 11 is 0. The maximum absolute atomic E-state index is 11.9. The van der Waals surface area contributed by atoms with Crippen LogP contribution in [0.2, 0.25) is 0 Å². The zero-order chi connectivity index (χ0) is 22.4. The van der Waals surface area contributed by atoms with Crippen LogP contribution >= 0.6 is 0 Å². The molecule has 4 rings (SSSR count). The topological polar surface area (TPSA) is 154 Å². The molecule has 4 aromatic rings. The van der Waals surface area contributed by atoms with Crippen LogP contribution in [-0.4, -0.2) is 31.0 Å². The Labute approximate surface area is 176 Å². The van der Waals surface area contributed by atoms with Crippen molar-refractivity contribution in [3.8, 4) is 5.75 Å². The summed E-state index contributed by atoms with van der Waals surface area (Å²) in [5.41, 5.74) is 0.123. The standard InChI is InChI=1S/C20H14N2O7S2/c23-18-8-5-12-3-1-2-4-17(12)20(18)22-21-14-9-13-10-15(30(24,25)26)6-7-16(13)19(11-14)31(27,28)29/h1-11,23H,(H,24,25,26)(H,27,28,29). The van der Waals surface area contributed by atoms with Crippen molar-refractivity contribution < 1.29 is 31.0 Å². The number of azo groups is 1. The summed E-state index contributed by atoms with van der Waals surface area (Å²) in [6.07, 6.45) is 0. The molecular formula is C20H14N2O7S2. The Morgan fingerprint density at radius 2 is 1.42 bits per heavy atom. The molecule has 0 radical (unpaired) electrons. The highest BCUT2D eigenvalue weighted by Crippen LogP contribution is 2.37. The normalized spacial score (nSPS) is 12.7.